The summed E-state index contributed by atoms with van der Waals surface area (Å²) in [6.07, 6.45) is 4.36. The molecule has 1 aliphatic heterocycles. The van der Waals surface area contributed by atoms with E-state index >= 15 is 0 Å². The summed E-state index contributed by atoms with van der Waals surface area (Å²) >= 11 is 2.00. The van der Waals surface area contributed by atoms with E-state index in [0.29, 0.717) is 5.92 Å². The highest BCUT2D eigenvalue weighted by molar-refractivity contribution is 7.99. The highest BCUT2D eigenvalue weighted by Gasteiger charge is 2.20. The molecular formula is C10H16N2OS. The predicted octanol–water partition coefficient (Wildman–Crippen LogP) is 2.00. The number of hydrogen-bond acceptors (Lipinski definition) is 4. The van der Waals surface area contributed by atoms with Crippen LogP contribution in [0.4, 0.5) is 0 Å². The van der Waals surface area contributed by atoms with E-state index in [4.69, 9.17) is 4.42 Å². The number of oxazole rings is 1. The molecule has 1 fully saturated rings. The van der Waals surface area contributed by atoms with E-state index in [1.54, 1.807) is 0 Å². The molecule has 0 spiro atoms. The van der Waals surface area contributed by atoms with Crippen LogP contribution in [-0.4, -0.2) is 23.5 Å². The third-order valence-electron chi connectivity index (χ3n) is 2.43. The van der Waals surface area contributed by atoms with Crippen LogP contribution in [0.5, 0.6) is 0 Å². The molecule has 0 saturated carbocycles. The van der Waals surface area contributed by atoms with E-state index in [-0.39, 0.29) is 0 Å². The van der Waals surface area contributed by atoms with E-state index in [9.17, 15) is 0 Å². The molecule has 0 amide bonds. The molecule has 0 aromatic carbocycles. The van der Waals surface area contributed by atoms with Crippen molar-refractivity contribution in [3.05, 3.63) is 17.8 Å². The fourth-order valence-corrected chi connectivity index (χ4v) is 2.83. The van der Waals surface area contributed by atoms with Gasteiger partial charge in [0.1, 0.15) is 5.76 Å². The Kier molecular flexibility index (Phi) is 3.48. The van der Waals surface area contributed by atoms with Crippen molar-refractivity contribution in [2.24, 2.45) is 0 Å². The van der Waals surface area contributed by atoms with E-state index in [2.05, 4.69) is 10.3 Å². The maximum Gasteiger partial charge on any atom is 0.198 e. The molecule has 1 unspecified atom stereocenters. The Morgan fingerprint density at radius 1 is 1.71 bits per heavy atom. The lowest BCUT2D eigenvalue weighted by molar-refractivity contribution is 0.410. The molecular weight excluding hydrogens is 196 g/mol. The molecule has 14 heavy (non-hydrogen) atoms. The summed E-state index contributed by atoms with van der Waals surface area (Å²) in [6, 6.07) is 0. The first kappa shape index (κ1) is 10.1. The molecule has 2 heterocycles. The standard InChI is InChI=1S/C10H16N2OS/c1-11-5-9-6-12-10(13-9)8-3-2-4-14-7-8/h6,8,11H,2-5,7H2,1H3. The molecule has 2 rings (SSSR count). The van der Waals surface area contributed by atoms with Crippen LogP contribution >= 0.6 is 11.8 Å². The molecule has 1 atom stereocenters. The van der Waals surface area contributed by atoms with Crippen LogP contribution < -0.4 is 5.32 Å². The van der Waals surface area contributed by atoms with E-state index in [1.807, 2.05) is 25.0 Å². The molecule has 78 valence electrons. The average Bonchev–Trinajstić information content (AvgIpc) is 2.68. The maximum atomic E-state index is 5.68. The highest BCUT2D eigenvalue weighted by atomic mass is 32.2. The van der Waals surface area contributed by atoms with E-state index in [1.165, 1.54) is 24.3 Å². The molecule has 1 aliphatic rings. The van der Waals surface area contributed by atoms with Gasteiger partial charge in [-0.2, -0.15) is 11.8 Å². The first-order valence-corrected chi connectivity index (χ1v) is 6.22. The van der Waals surface area contributed by atoms with Crippen molar-refractivity contribution in [2.45, 2.75) is 25.3 Å². The van der Waals surface area contributed by atoms with Gasteiger partial charge in [0, 0.05) is 11.7 Å². The molecule has 1 aromatic rings. The summed E-state index contributed by atoms with van der Waals surface area (Å²) in [7, 11) is 1.92. The van der Waals surface area contributed by atoms with Gasteiger partial charge in [0.2, 0.25) is 0 Å². The number of nitrogens with zero attached hydrogens (tertiary/aromatic N) is 1. The quantitative estimate of drug-likeness (QED) is 0.831. The van der Waals surface area contributed by atoms with Crippen LogP contribution in [0.15, 0.2) is 10.6 Å². The normalized spacial score (nSPS) is 22.5. The van der Waals surface area contributed by atoms with Gasteiger partial charge in [-0.25, -0.2) is 4.98 Å². The van der Waals surface area contributed by atoms with Gasteiger partial charge < -0.3 is 9.73 Å². The molecule has 0 aliphatic carbocycles. The minimum Gasteiger partial charge on any atom is -0.444 e. The molecule has 1 aromatic heterocycles. The second kappa shape index (κ2) is 4.84. The van der Waals surface area contributed by atoms with Gasteiger partial charge in [0.25, 0.3) is 0 Å². The summed E-state index contributed by atoms with van der Waals surface area (Å²) in [4.78, 5) is 4.34. The van der Waals surface area contributed by atoms with Gasteiger partial charge >= 0.3 is 0 Å². The summed E-state index contributed by atoms with van der Waals surface area (Å²) in [5.74, 6) is 4.87. The third-order valence-corrected chi connectivity index (χ3v) is 3.65. The summed E-state index contributed by atoms with van der Waals surface area (Å²) in [6.45, 7) is 0.771. The van der Waals surface area contributed by atoms with Crippen molar-refractivity contribution in [1.29, 1.82) is 0 Å². The van der Waals surface area contributed by atoms with E-state index in [0.717, 1.165) is 18.2 Å². The number of rotatable bonds is 3. The Balaban J connectivity index is 2.00. The number of aromatic nitrogens is 1. The van der Waals surface area contributed by atoms with Gasteiger partial charge in [-0.1, -0.05) is 0 Å². The van der Waals surface area contributed by atoms with Gasteiger partial charge in [-0.15, -0.1) is 0 Å². The first-order valence-electron chi connectivity index (χ1n) is 5.07. The van der Waals surface area contributed by atoms with Crippen molar-refractivity contribution in [3.63, 3.8) is 0 Å². The summed E-state index contributed by atoms with van der Waals surface area (Å²) in [5.41, 5.74) is 0. The largest absolute Gasteiger partial charge is 0.444 e. The van der Waals surface area contributed by atoms with Gasteiger partial charge in [-0.3, -0.25) is 0 Å². The Bertz CT molecular complexity index is 281. The zero-order valence-electron chi connectivity index (χ0n) is 8.45. The Morgan fingerprint density at radius 3 is 3.36 bits per heavy atom. The lowest BCUT2D eigenvalue weighted by Crippen LogP contribution is -2.08. The SMILES string of the molecule is CNCc1cnc(C2CCCSC2)o1. The molecule has 0 radical (unpaired) electrons. The van der Waals surface area contributed by atoms with Crippen molar-refractivity contribution in [2.75, 3.05) is 18.6 Å². The van der Waals surface area contributed by atoms with Crippen LogP contribution in [0.1, 0.15) is 30.4 Å². The second-order valence-electron chi connectivity index (χ2n) is 3.61. The smallest absolute Gasteiger partial charge is 0.198 e. The lowest BCUT2D eigenvalue weighted by Gasteiger charge is -2.17. The van der Waals surface area contributed by atoms with Crippen molar-refractivity contribution in [1.82, 2.24) is 10.3 Å². The second-order valence-corrected chi connectivity index (χ2v) is 4.76. The highest BCUT2D eigenvalue weighted by Crippen LogP contribution is 2.30. The number of nitrogens with one attached hydrogen (secondary N) is 1. The van der Waals surface area contributed by atoms with Gasteiger partial charge in [0.05, 0.1) is 12.7 Å². The molecule has 1 saturated heterocycles. The van der Waals surface area contributed by atoms with Gasteiger partial charge in [0.15, 0.2) is 5.89 Å². The molecule has 4 heteroatoms. The van der Waals surface area contributed by atoms with Gasteiger partial charge in [-0.05, 0) is 25.6 Å². The minimum atomic E-state index is 0.541. The van der Waals surface area contributed by atoms with Crippen LogP contribution in [0.3, 0.4) is 0 Å². The Hall–Kier alpha value is -0.480. The van der Waals surface area contributed by atoms with Crippen molar-refractivity contribution < 1.29 is 4.42 Å². The number of thioether (sulfide) groups is 1. The summed E-state index contributed by atoms with van der Waals surface area (Å²) in [5, 5.41) is 3.06. The predicted molar refractivity (Wildman–Crippen MR) is 58.6 cm³/mol. The first-order chi connectivity index (χ1) is 6.90. The zero-order valence-corrected chi connectivity index (χ0v) is 9.27. The Morgan fingerprint density at radius 2 is 2.64 bits per heavy atom. The van der Waals surface area contributed by atoms with Crippen LogP contribution in [0.25, 0.3) is 0 Å². The van der Waals surface area contributed by atoms with Crippen molar-refractivity contribution in [3.8, 4) is 0 Å². The third kappa shape index (κ3) is 2.30. The molecule has 3 nitrogen and oxygen atoms in total. The lowest BCUT2D eigenvalue weighted by atomic mass is 10.1. The minimum absolute atomic E-state index is 0.541. The van der Waals surface area contributed by atoms with Crippen LogP contribution in [-0.2, 0) is 6.54 Å². The fraction of sp³-hybridized carbons (Fsp3) is 0.700. The molecule has 0 bridgehead atoms. The van der Waals surface area contributed by atoms with Crippen LogP contribution in [0, 0.1) is 0 Å². The average molecular weight is 212 g/mol. The zero-order chi connectivity index (χ0) is 9.80. The topological polar surface area (TPSA) is 38.1 Å². The monoisotopic (exact) mass is 212 g/mol. The summed E-state index contributed by atoms with van der Waals surface area (Å²) < 4.78 is 5.68. The molecule has 1 N–H and O–H groups in total. The van der Waals surface area contributed by atoms with E-state index < -0.39 is 0 Å². The number of hydrogen-bond donors (Lipinski definition) is 1. The Labute approximate surface area is 88.7 Å². The fourth-order valence-electron chi connectivity index (χ4n) is 1.70. The maximum absolute atomic E-state index is 5.68. The van der Waals surface area contributed by atoms with Crippen molar-refractivity contribution >= 4 is 11.8 Å². The van der Waals surface area contributed by atoms with Crippen LogP contribution in [0.2, 0.25) is 0 Å².